The highest BCUT2D eigenvalue weighted by Crippen LogP contribution is 2.15. The van der Waals surface area contributed by atoms with Gasteiger partial charge in [0.25, 0.3) is 5.43 Å². The largest absolute Gasteiger partial charge is 0.469 e. The summed E-state index contributed by atoms with van der Waals surface area (Å²) in [6, 6.07) is 4.92. The molecule has 0 spiro atoms. The van der Waals surface area contributed by atoms with Gasteiger partial charge in [0.2, 0.25) is 0 Å². The first kappa shape index (κ1) is 14.4. The zero-order valence-electron chi connectivity index (χ0n) is 11.2. The van der Waals surface area contributed by atoms with Gasteiger partial charge in [-0.25, -0.2) is 0 Å². The zero-order chi connectivity index (χ0) is 15.4. The summed E-state index contributed by atoms with van der Waals surface area (Å²) in [6.07, 6.45) is 4.43. The Morgan fingerprint density at radius 3 is 2.90 bits per heavy atom. The molecule has 7 nitrogen and oxygen atoms in total. The molecule has 1 heterocycles. The minimum atomic E-state index is -0.724. The summed E-state index contributed by atoms with van der Waals surface area (Å²) >= 11 is 0. The van der Waals surface area contributed by atoms with Crippen molar-refractivity contribution in [2.24, 2.45) is 0 Å². The molecule has 0 aliphatic rings. The number of aromatic nitrogens is 1. The third-order valence-electron chi connectivity index (χ3n) is 2.90. The molecule has 0 atom stereocenters. The molecular formula is C14H12N2O5. The summed E-state index contributed by atoms with van der Waals surface area (Å²) in [5.74, 6) is -0.375. The summed E-state index contributed by atoms with van der Waals surface area (Å²) < 4.78 is 4.50. The van der Waals surface area contributed by atoms with Crippen LogP contribution in [-0.2, 0) is 9.53 Å². The van der Waals surface area contributed by atoms with Crippen molar-refractivity contribution in [2.75, 3.05) is 7.11 Å². The van der Waals surface area contributed by atoms with E-state index >= 15 is 0 Å². The van der Waals surface area contributed by atoms with Crippen LogP contribution in [0.2, 0.25) is 0 Å². The lowest BCUT2D eigenvalue weighted by molar-refractivity contribution is -0.386. The second kappa shape index (κ2) is 6.00. The third kappa shape index (κ3) is 3.14. The predicted octanol–water partition coefficient (Wildman–Crippen LogP) is 2.01. The fourth-order valence-electron chi connectivity index (χ4n) is 1.84. The number of nitrogens with one attached hydrogen (secondary N) is 1. The highest BCUT2D eigenvalue weighted by Gasteiger charge is 2.14. The molecule has 1 aromatic heterocycles. The Morgan fingerprint density at radius 1 is 1.48 bits per heavy atom. The highest BCUT2D eigenvalue weighted by molar-refractivity contribution is 5.83. The average Bonchev–Trinajstić information content (AvgIpc) is 2.47. The van der Waals surface area contributed by atoms with E-state index in [0.29, 0.717) is 11.1 Å². The zero-order valence-corrected chi connectivity index (χ0v) is 11.2. The first-order chi connectivity index (χ1) is 10.0. The number of esters is 1. The van der Waals surface area contributed by atoms with Crippen LogP contribution < -0.4 is 5.43 Å². The number of carbonyl (C=O) groups excluding carboxylic acids is 1. The van der Waals surface area contributed by atoms with Crippen LogP contribution in [0.1, 0.15) is 12.0 Å². The number of nitrogens with zero attached hydrogens (tertiary/aromatic N) is 1. The van der Waals surface area contributed by atoms with Gasteiger partial charge in [-0.15, -0.1) is 0 Å². The summed E-state index contributed by atoms with van der Waals surface area (Å²) in [5.41, 5.74) is 0.0308. The lowest BCUT2D eigenvalue weighted by atomic mass is 10.1. The smallest absolute Gasteiger partial charge is 0.332 e. The first-order valence-corrected chi connectivity index (χ1v) is 6.06. The van der Waals surface area contributed by atoms with E-state index in [-0.39, 0.29) is 17.8 Å². The number of fused-ring (bicyclic) bond motifs is 1. The number of hydrogen-bond donors (Lipinski definition) is 1. The van der Waals surface area contributed by atoms with Gasteiger partial charge in [-0.3, -0.25) is 19.7 Å². The monoisotopic (exact) mass is 288 g/mol. The van der Waals surface area contributed by atoms with Gasteiger partial charge in [0.15, 0.2) is 0 Å². The number of pyridine rings is 1. The predicted molar refractivity (Wildman–Crippen MR) is 76.9 cm³/mol. The molecule has 21 heavy (non-hydrogen) atoms. The standard InChI is InChI=1S/C14H12N2O5/c1-21-13(17)4-2-3-9-5-6-11-10(7-9)14(18)12(8-15-11)16(19)20/h2-3,5-8H,4H2,1H3,(H,15,18). The Kier molecular flexibility index (Phi) is 4.13. The van der Waals surface area contributed by atoms with E-state index in [2.05, 4.69) is 9.72 Å². The quantitative estimate of drug-likeness (QED) is 0.526. The number of methoxy groups -OCH3 is 1. The topological polar surface area (TPSA) is 102 Å². The number of ether oxygens (including phenoxy) is 1. The van der Waals surface area contributed by atoms with Crippen LogP contribution >= 0.6 is 0 Å². The Labute approximate surface area is 119 Å². The second-order valence-electron chi connectivity index (χ2n) is 4.25. The fourth-order valence-corrected chi connectivity index (χ4v) is 1.84. The Bertz CT molecular complexity index is 792. The second-order valence-corrected chi connectivity index (χ2v) is 4.25. The number of aromatic amines is 1. The molecule has 2 aromatic rings. The van der Waals surface area contributed by atoms with E-state index in [9.17, 15) is 19.7 Å². The van der Waals surface area contributed by atoms with E-state index in [4.69, 9.17) is 0 Å². The molecule has 0 aliphatic heterocycles. The maximum absolute atomic E-state index is 12.0. The fraction of sp³-hybridized carbons (Fsp3) is 0.143. The minimum Gasteiger partial charge on any atom is -0.469 e. The molecular weight excluding hydrogens is 276 g/mol. The first-order valence-electron chi connectivity index (χ1n) is 6.06. The SMILES string of the molecule is COC(=O)CC=Cc1ccc2[nH]cc([N+](=O)[O-])c(=O)c2c1. The van der Waals surface area contributed by atoms with Crippen molar-refractivity contribution in [2.45, 2.75) is 6.42 Å². The lowest BCUT2D eigenvalue weighted by Crippen LogP contribution is -2.09. The van der Waals surface area contributed by atoms with Crippen molar-refractivity contribution in [1.82, 2.24) is 4.98 Å². The molecule has 0 bridgehead atoms. The van der Waals surface area contributed by atoms with Crippen LogP contribution in [0.5, 0.6) is 0 Å². The molecule has 1 aromatic carbocycles. The third-order valence-corrected chi connectivity index (χ3v) is 2.90. The molecule has 1 N–H and O–H groups in total. The number of carbonyl (C=O) groups is 1. The number of rotatable bonds is 4. The number of H-pyrrole nitrogens is 1. The van der Waals surface area contributed by atoms with E-state index < -0.39 is 16.0 Å². The van der Waals surface area contributed by atoms with Crippen molar-refractivity contribution >= 4 is 28.6 Å². The van der Waals surface area contributed by atoms with Crippen molar-refractivity contribution in [3.8, 4) is 0 Å². The van der Waals surface area contributed by atoms with Gasteiger partial charge >= 0.3 is 11.7 Å². The Morgan fingerprint density at radius 2 is 2.24 bits per heavy atom. The van der Waals surface area contributed by atoms with E-state index in [1.807, 2.05) is 0 Å². The number of nitro groups is 1. The summed E-state index contributed by atoms with van der Waals surface area (Å²) in [5, 5.41) is 11.0. The van der Waals surface area contributed by atoms with E-state index in [1.54, 1.807) is 24.3 Å². The molecule has 108 valence electrons. The van der Waals surface area contributed by atoms with Crippen molar-refractivity contribution in [3.05, 3.63) is 56.4 Å². The maximum atomic E-state index is 12.0. The number of benzene rings is 1. The van der Waals surface area contributed by atoms with Gasteiger partial charge in [-0.05, 0) is 17.7 Å². The Hall–Kier alpha value is -2.96. The molecule has 0 fully saturated rings. The summed E-state index contributed by atoms with van der Waals surface area (Å²) in [6.45, 7) is 0. The van der Waals surface area contributed by atoms with Crippen molar-refractivity contribution in [1.29, 1.82) is 0 Å². The van der Waals surface area contributed by atoms with Gasteiger partial charge in [-0.1, -0.05) is 18.2 Å². The number of hydrogen-bond acceptors (Lipinski definition) is 5. The van der Waals surface area contributed by atoms with E-state index in [1.165, 1.54) is 13.2 Å². The van der Waals surface area contributed by atoms with Crippen LogP contribution in [-0.4, -0.2) is 23.0 Å². The molecule has 7 heteroatoms. The lowest BCUT2D eigenvalue weighted by Gasteiger charge is -2.00. The minimum absolute atomic E-state index is 0.111. The molecule has 2 rings (SSSR count). The van der Waals surface area contributed by atoms with Crippen LogP contribution in [0, 0.1) is 10.1 Å². The molecule has 0 saturated heterocycles. The molecule has 0 aliphatic carbocycles. The van der Waals surface area contributed by atoms with Gasteiger partial charge < -0.3 is 9.72 Å². The summed E-state index contributed by atoms with van der Waals surface area (Å²) in [4.78, 5) is 35.7. The van der Waals surface area contributed by atoms with Gasteiger partial charge in [0, 0.05) is 5.52 Å². The van der Waals surface area contributed by atoms with Crippen LogP contribution in [0.15, 0.2) is 35.3 Å². The van der Waals surface area contributed by atoms with Gasteiger partial charge in [-0.2, -0.15) is 0 Å². The average molecular weight is 288 g/mol. The van der Waals surface area contributed by atoms with Crippen LogP contribution in [0.25, 0.3) is 17.0 Å². The maximum Gasteiger partial charge on any atom is 0.332 e. The Balaban J connectivity index is 2.40. The molecule has 0 unspecified atom stereocenters. The van der Waals surface area contributed by atoms with Crippen LogP contribution in [0.3, 0.4) is 0 Å². The van der Waals surface area contributed by atoms with Crippen LogP contribution in [0.4, 0.5) is 5.69 Å². The van der Waals surface area contributed by atoms with Crippen molar-refractivity contribution < 1.29 is 14.5 Å². The van der Waals surface area contributed by atoms with E-state index in [0.717, 1.165) is 6.20 Å². The molecule has 0 saturated carbocycles. The van der Waals surface area contributed by atoms with Gasteiger partial charge in [0.05, 0.1) is 30.0 Å². The molecule has 0 amide bonds. The summed E-state index contributed by atoms with van der Waals surface area (Å²) in [7, 11) is 1.30. The van der Waals surface area contributed by atoms with Crippen molar-refractivity contribution in [3.63, 3.8) is 0 Å². The normalized spacial score (nSPS) is 10.9. The van der Waals surface area contributed by atoms with Gasteiger partial charge in [0.1, 0.15) is 0 Å². The molecule has 0 radical (unpaired) electrons. The highest BCUT2D eigenvalue weighted by atomic mass is 16.6.